The highest BCUT2D eigenvalue weighted by Crippen LogP contribution is 2.09. The molecule has 24 heavy (non-hydrogen) atoms. The Bertz CT molecular complexity index is 367. The molecule has 2 fully saturated rings. The van der Waals surface area contributed by atoms with Crippen LogP contribution in [-0.4, -0.2) is 80.2 Å². The summed E-state index contributed by atoms with van der Waals surface area (Å²) in [6.45, 7) is 20.5. The molecule has 4 N–H and O–H groups in total. The fourth-order valence-corrected chi connectivity index (χ4v) is 3.61. The van der Waals surface area contributed by atoms with Crippen LogP contribution in [0.3, 0.4) is 0 Å². The van der Waals surface area contributed by atoms with E-state index in [0.717, 1.165) is 32.7 Å². The van der Waals surface area contributed by atoms with E-state index in [9.17, 15) is 0 Å². The van der Waals surface area contributed by atoms with Gasteiger partial charge in [0.25, 0.3) is 0 Å². The topological polar surface area (TPSA) is 54.6 Å². The summed E-state index contributed by atoms with van der Waals surface area (Å²) >= 11 is 0. The van der Waals surface area contributed by atoms with Gasteiger partial charge in [-0.25, -0.2) is 0 Å². The Hall–Kier alpha value is -0.500. The molecule has 2 aliphatic rings. The van der Waals surface area contributed by atoms with Gasteiger partial charge in [-0.15, -0.1) is 6.58 Å². The lowest BCUT2D eigenvalue weighted by Crippen LogP contribution is -2.68. The van der Waals surface area contributed by atoms with Crippen LogP contribution >= 0.6 is 0 Å². The predicted molar refractivity (Wildman–Crippen MR) is 102 cm³/mol. The second-order valence-electron chi connectivity index (χ2n) is 7.40. The molecule has 0 amide bonds. The molecule has 0 aromatic heterocycles. The van der Waals surface area contributed by atoms with Gasteiger partial charge in [-0.05, 0) is 27.3 Å². The third kappa shape index (κ3) is 5.79. The average Bonchev–Trinajstić information content (AvgIpc) is 2.56. The van der Waals surface area contributed by atoms with Gasteiger partial charge in [0.05, 0.1) is 6.17 Å². The number of nitrogens with zero attached hydrogens (tertiary/aromatic N) is 2. The normalized spacial score (nSPS) is 31.3. The van der Waals surface area contributed by atoms with Crippen LogP contribution in [0.1, 0.15) is 27.7 Å². The zero-order valence-electron chi connectivity index (χ0n) is 16.0. The lowest BCUT2D eigenvalue weighted by molar-refractivity contribution is 0.0914. The number of hydrogen-bond donors (Lipinski definition) is 4. The molecule has 2 saturated heterocycles. The minimum absolute atomic E-state index is 0.150. The van der Waals surface area contributed by atoms with Gasteiger partial charge < -0.3 is 5.32 Å². The van der Waals surface area contributed by atoms with Crippen molar-refractivity contribution in [2.75, 3.05) is 45.8 Å². The SMILES string of the molecule is C=CC1CNC(NC(CN2CCN(C(C)C)CC2)NCC)NC1C. The van der Waals surface area contributed by atoms with E-state index in [4.69, 9.17) is 0 Å². The first-order chi connectivity index (χ1) is 11.5. The van der Waals surface area contributed by atoms with Crippen molar-refractivity contribution >= 4 is 0 Å². The first-order valence-corrected chi connectivity index (χ1v) is 9.61. The second-order valence-corrected chi connectivity index (χ2v) is 7.40. The molecule has 2 heterocycles. The number of hydrogen-bond acceptors (Lipinski definition) is 6. The third-order valence-corrected chi connectivity index (χ3v) is 5.33. The van der Waals surface area contributed by atoms with Crippen molar-refractivity contribution in [2.24, 2.45) is 5.92 Å². The third-order valence-electron chi connectivity index (χ3n) is 5.33. The summed E-state index contributed by atoms with van der Waals surface area (Å²) in [5.41, 5.74) is 0. The smallest absolute Gasteiger partial charge is 0.113 e. The Labute approximate surface area is 148 Å². The summed E-state index contributed by atoms with van der Waals surface area (Å²) in [4.78, 5) is 5.13. The van der Waals surface area contributed by atoms with E-state index >= 15 is 0 Å². The zero-order valence-corrected chi connectivity index (χ0v) is 16.0. The summed E-state index contributed by atoms with van der Waals surface area (Å²) < 4.78 is 0. The summed E-state index contributed by atoms with van der Waals surface area (Å²) in [6, 6.07) is 1.10. The molecular formula is C18H38N6. The Morgan fingerprint density at radius 3 is 2.50 bits per heavy atom. The first kappa shape index (κ1) is 19.8. The van der Waals surface area contributed by atoms with Crippen LogP contribution in [0, 0.1) is 5.92 Å². The van der Waals surface area contributed by atoms with Gasteiger partial charge in [-0.1, -0.05) is 13.0 Å². The molecule has 0 aromatic carbocycles. The first-order valence-electron chi connectivity index (χ1n) is 9.61. The quantitative estimate of drug-likeness (QED) is 0.375. The maximum atomic E-state index is 3.92. The minimum Gasteiger partial charge on any atom is -0.301 e. The molecule has 4 unspecified atom stereocenters. The molecular weight excluding hydrogens is 300 g/mol. The van der Waals surface area contributed by atoms with Crippen LogP contribution in [-0.2, 0) is 0 Å². The van der Waals surface area contributed by atoms with Crippen molar-refractivity contribution in [1.82, 2.24) is 31.1 Å². The van der Waals surface area contributed by atoms with Crippen LogP contribution in [0.2, 0.25) is 0 Å². The van der Waals surface area contributed by atoms with Crippen molar-refractivity contribution in [3.05, 3.63) is 12.7 Å². The Kier molecular flexibility index (Phi) is 8.13. The fourth-order valence-electron chi connectivity index (χ4n) is 3.61. The second kappa shape index (κ2) is 9.85. The molecule has 140 valence electrons. The van der Waals surface area contributed by atoms with Crippen LogP contribution in [0.4, 0.5) is 0 Å². The molecule has 6 nitrogen and oxygen atoms in total. The van der Waals surface area contributed by atoms with E-state index < -0.39 is 0 Å². The van der Waals surface area contributed by atoms with Gasteiger partial charge in [-0.3, -0.25) is 25.8 Å². The van der Waals surface area contributed by atoms with Crippen molar-refractivity contribution in [1.29, 1.82) is 0 Å². The zero-order chi connectivity index (χ0) is 17.5. The van der Waals surface area contributed by atoms with Gasteiger partial charge in [0.2, 0.25) is 0 Å². The summed E-state index contributed by atoms with van der Waals surface area (Å²) in [6.07, 6.45) is 2.48. The van der Waals surface area contributed by atoms with Crippen LogP contribution in [0.25, 0.3) is 0 Å². The number of nitrogens with one attached hydrogen (secondary N) is 4. The molecule has 2 aliphatic heterocycles. The largest absolute Gasteiger partial charge is 0.301 e. The lowest BCUT2D eigenvalue weighted by Gasteiger charge is -2.41. The highest BCUT2D eigenvalue weighted by molar-refractivity contribution is 4.93. The summed E-state index contributed by atoms with van der Waals surface area (Å²) in [7, 11) is 0. The molecule has 4 atom stereocenters. The fraction of sp³-hybridized carbons (Fsp3) is 0.889. The van der Waals surface area contributed by atoms with E-state index in [2.05, 4.69) is 65.3 Å². The van der Waals surface area contributed by atoms with Crippen molar-refractivity contribution in [3.8, 4) is 0 Å². The number of rotatable bonds is 8. The summed E-state index contributed by atoms with van der Waals surface area (Å²) in [5.74, 6) is 0.491. The highest BCUT2D eigenvalue weighted by Gasteiger charge is 2.27. The van der Waals surface area contributed by atoms with Crippen LogP contribution < -0.4 is 21.3 Å². The highest BCUT2D eigenvalue weighted by atomic mass is 15.4. The standard InChI is InChI=1S/C18H38N6/c1-6-16-12-20-18(21-15(16)5)22-17(19-7-2)13-23-8-10-24(11-9-23)14(3)4/h6,14-22H,1,7-13H2,2-5H3. The van der Waals surface area contributed by atoms with E-state index in [1.807, 2.05) is 6.08 Å². The molecule has 2 rings (SSSR count). The van der Waals surface area contributed by atoms with Crippen LogP contribution in [0.15, 0.2) is 12.7 Å². The Balaban J connectivity index is 1.79. The van der Waals surface area contributed by atoms with Gasteiger partial charge in [0.15, 0.2) is 0 Å². The monoisotopic (exact) mass is 338 g/mol. The van der Waals surface area contributed by atoms with Crippen molar-refractivity contribution < 1.29 is 0 Å². The Morgan fingerprint density at radius 1 is 1.25 bits per heavy atom. The predicted octanol–water partition coefficient (Wildman–Crippen LogP) is 0.205. The maximum Gasteiger partial charge on any atom is 0.113 e. The minimum atomic E-state index is 0.150. The lowest BCUT2D eigenvalue weighted by atomic mass is 9.99. The molecule has 6 heteroatoms. The average molecular weight is 339 g/mol. The number of piperazine rings is 1. The number of likely N-dealkylation sites (N-methyl/N-ethyl adjacent to an activating group) is 1. The van der Waals surface area contributed by atoms with Crippen molar-refractivity contribution in [3.63, 3.8) is 0 Å². The van der Waals surface area contributed by atoms with E-state index in [0.29, 0.717) is 18.0 Å². The summed E-state index contributed by atoms with van der Waals surface area (Å²) in [5, 5.41) is 14.4. The van der Waals surface area contributed by atoms with Crippen molar-refractivity contribution in [2.45, 2.75) is 52.2 Å². The molecule has 0 aromatic rings. The van der Waals surface area contributed by atoms with E-state index in [-0.39, 0.29) is 12.5 Å². The Morgan fingerprint density at radius 2 is 1.96 bits per heavy atom. The molecule has 0 saturated carbocycles. The molecule has 0 aliphatic carbocycles. The maximum absolute atomic E-state index is 3.92. The van der Waals surface area contributed by atoms with Gasteiger partial charge in [-0.2, -0.15) is 0 Å². The van der Waals surface area contributed by atoms with E-state index in [1.54, 1.807) is 0 Å². The van der Waals surface area contributed by atoms with Gasteiger partial charge in [0.1, 0.15) is 6.29 Å². The van der Waals surface area contributed by atoms with Gasteiger partial charge in [0, 0.05) is 57.3 Å². The van der Waals surface area contributed by atoms with Gasteiger partial charge >= 0.3 is 0 Å². The molecule has 0 bridgehead atoms. The molecule has 0 spiro atoms. The van der Waals surface area contributed by atoms with E-state index in [1.165, 1.54) is 13.1 Å². The molecule has 0 radical (unpaired) electrons. The van der Waals surface area contributed by atoms with Crippen LogP contribution in [0.5, 0.6) is 0 Å².